The van der Waals surface area contributed by atoms with E-state index in [1.54, 1.807) is 6.20 Å². The Balaban J connectivity index is 2.44. The lowest BCUT2D eigenvalue weighted by Crippen LogP contribution is -2.38. The molecule has 0 saturated carbocycles. The molecule has 5 N–H and O–H groups in total. The molecule has 0 bridgehead atoms. The average molecular weight is 236 g/mol. The van der Waals surface area contributed by atoms with Crippen molar-refractivity contribution < 1.29 is 5.11 Å². The number of hydrogen-bond donors (Lipinski definition) is 4. The molecule has 7 nitrogen and oxygen atoms in total. The van der Waals surface area contributed by atoms with E-state index >= 15 is 0 Å². The summed E-state index contributed by atoms with van der Waals surface area (Å²) in [5.41, 5.74) is 5.75. The Morgan fingerprint density at radius 1 is 1.53 bits per heavy atom. The van der Waals surface area contributed by atoms with Gasteiger partial charge in [-0.1, -0.05) is 6.92 Å². The minimum atomic E-state index is -0.439. The summed E-state index contributed by atoms with van der Waals surface area (Å²) >= 11 is 0. The van der Waals surface area contributed by atoms with E-state index in [1.165, 1.54) is 0 Å². The molecule has 0 aliphatic carbocycles. The van der Waals surface area contributed by atoms with Crippen LogP contribution < -0.4 is 11.1 Å². The fourth-order valence-corrected chi connectivity index (χ4v) is 1.47. The highest BCUT2D eigenvalue weighted by atomic mass is 16.3. The van der Waals surface area contributed by atoms with Gasteiger partial charge in [-0.3, -0.25) is 5.10 Å². The molecule has 17 heavy (non-hydrogen) atoms. The first-order valence-electron chi connectivity index (χ1n) is 5.43. The number of nitrogens with one attached hydrogen (secondary N) is 2. The predicted octanol–water partition coefficient (Wildman–Crippen LogP) is 0.508. The molecule has 2 aromatic heterocycles. The number of aliphatic hydroxyl groups excluding tert-OH is 1. The third kappa shape index (κ3) is 2.14. The predicted molar refractivity (Wildman–Crippen MR) is 65.5 cm³/mol. The van der Waals surface area contributed by atoms with Gasteiger partial charge in [0.15, 0.2) is 5.65 Å². The van der Waals surface area contributed by atoms with Crippen molar-refractivity contribution in [3.63, 3.8) is 0 Å². The van der Waals surface area contributed by atoms with Crippen LogP contribution >= 0.6 is 0 Å². The lowest BCUT2D eigenvalue weighted by molar-refractivity contribution is 0.218. The fourth-order valence-electron chi connectivity index (χ4n) is 1.47. The van der Waals surface area contributed by atoms with Crippen LogP contribution in [0.25, 0.3) is 11.0 Å². The van der Waals surface area contributed by atoms with Crippen LogP contribution in [0.4, 0.5) is 11.8 Å². The van der Waals surface area contributed by atoms with Crippen LogP contribution in [0.1, 0.15) is 20.3 Å². The van der Waals surface area contributed by atoms with E-state index in [1.807, 2.05) is 13.8 Å². The maximum Gasteiger partial charge on any atom is 0.224 e. The van der Waals surface area contributed by atoms with E-state index in [2.05, 4.69) is 25.5 Å². The second kappa shape index (κ2) is 4.17. The van der Waals surface area contributed by atoms with Crippen molar-refractivity contribution in [2.75, 3.05) is 17.7 Å². The van der Waals surface area contributed by atoms with Crippen molar-refractivity contribution >= 4 is 22.8 Å². The number of H-pyrrole nitrogens is 1. The Morgan fingerprint density at radius 2 is 2.29 bits per heavy atom. The molecule has 0 radical (unpaired) electrons. The molecule has 2 rings (SSSR count). The molecular weight excluding hydrogens is 220 g/mol. The number of nitrogen functional groups attached to an aromatic ring is 1. The molecule has 0 aliphatic heterocycles. The number of aromatic nitrogens is 4. The van der Waals surface area contributed by atoms with Crippen molar-refractivity contribution in [3.05, 3.63) is 6.20 Å². The molecule has 0 spiro atoms. The van der Waals surface area contributed by atoms with Crippen LogP contribution in [-0.2, 0) is 0 Å². The van der Waals surface area contributed by atoms with Gasteiger partial charge in [0.25, 0.3) is 0 Å². The van der Waals surface area contributed by atoms with E-state index in [4.69, 9.17) is 5.73 Å². The standard InChI is InChI=1S/C10H16N6O/c1-3-10(2,5-17)15-7-6-4-12-16-8(6)14-9(11)13-7/h4,17H,3,5H2,1-2H3,(H4,11,12,13,14,15,16). The summed E-state index contributed by atoms with van der Waals surface area (Å²) in [5.74, 6) is 0.750. The number of aliphatic hydroxyl groups is 1. The van der Waals surface area contributed by atoms with Crippen molar-refractivity contribution in [1.82, 2.24) is 20.2 Å². The minimum Gasteiger partial charge on any atom is -0.394 e. The number of anilines is 2. The van der Waals surface area contributed by atoms with E-state index in [9.17, 15) is 5.11 Å². The van der Waals surface area contributed by atoms with Gasteiger partial charge in [-0.15, -0.1) is 0 Å². The van der Waals surface area contributed by atoms with E-state index < -0.39 is 5.54 Å². The molecule has 1 atom stereocenters. The van der Waals surface area contributed by atoms with Gasteiger partial charge in [0.2, 0.25) is 5.95 Å². The van der Waals surface area contributed by atoms with Gasteiger partial charge >= 0.3 is 0 Å². The van der Waals surface area contributed by atoms with Gasteiger partial charge in [0.05, 0.1) is 23.7 Å². The summed E-state index contributed by atoms with van der Waals surface area (Å²) in [6.45, 7) is 3.91. The van der Waals surface area contributed by atoms with Gasteiger partial charge in [-0.2, -0.15) is 15.1 Å². The first-order valence-corrected chi connectivity index (χ1v) is 5.43. The summed E-state index contributed by atoms with van der Waals surface area (Å²) < 4.78 is 0. The van der Waals surface area contributed by atoms with Crippen molar-refractivity contribution in [3.8, 4) is 0 Å². The Labute approximate surface area is 98.5 Å². The Hall–Kier alpha value is -1.89. The Bertz CT molecular complexity index is 518. The summed E-state index contributed by atoms with van der Waals surface area (Å²) in [4.78, 5) is 8.16. The topological polar surface area (TPSA) is 113 Å². The lowest BCUT2D eigenvalue weighted by atomic mass is 10.0. The molecule has 2 heterocycles. The van der Waals surface area contributed by atoms with Crippen molar-refractivity contribution in [2.45, 2.75) is 25.8 Å². The zero-order valence-corrected chi connectivity index (χ0v) is 9.86. The van der Waals surface area contributed by atoms with Gasteiger partial charge in [0, 0.05) is 0 Å². The highest BCUT2D eigenvalue weighted by molar-refractivity contribution is 5.87. The van der Waals surface area contributed by atoms with Crippen LogP contribution in [0, 0.1) is 0 Å². The first-order chi connectivity index (χ1) is 8.08. The summed E-state index contributed by atoms with van der Waals surface area (Å²) in [6, 6.07) is 0. The number of fused-ring (bicyclic) bond motifs is 1. The van der Waals surface area contributed by atoms with Gasteiger partial charge < -0.3 is 16.2 Å². The normalized spacial score (nSPS) is 14.8. The fraction of sp³-hybridized carbons (Fsp3) is 0.500. The summed E-state index contributed by atoms with van der Waals surface area (Å²) in [6.07, 6.45) is 2.39. The number of hydrogen-bond acceptors (Lipinski definition) is 6. The molecule has 0 fully saturated rings. The highest BCUT2D eigenvalue weighted by Gasteiger charge is 2.22. The van der Waals surface area contributed by atoms with E-state index in [-0.39, 0.29) is 12.6 Å². The Morgan fingerprint density at radius 3 is 2.94 bits per heavy atom. The highest BCUT2D eigenvalue weighted by Crippen LogP contribution is 2.23. The largest absolute Gasteiger partial charge is 0.394 e. The number of nitrogens with two attached hydrogens (primary N) is 1. The van der Waals surface area contributed by atoms with Crippen molar-refractivity contribution in [1.29, 1.82) is 0 Å². The molecule has 1 unspecified atom stereocenters. The van der Waals surface area contributed by atoms with Crippen molar-refractivity contribution in [2.24, 2.45) is 0 Å². The minimum absolute atomic E-state index is 0.00670. The van der Waals surface area contributed by atoms with E-state index in [0.717, 1.165) is 11.8 Å². The summed E-state index contributed by atoms with van der Waals surface area (Å²) in [5, 5.41) is 20.0. The molecule has 0 amide bonds. The third-order valence-electron chi connectivity index (χ3n) is 2.88. The molecule has 7 heteroatoms. The van der Waals surface area contributed by atoms with Gasteiger partial charge in [-0.25, -0.2) is 0 Å². The maximum absolute atomic E-state index is 9.38. The monoisotopic (exact) mass is 236 g/mol. The molecule has 2 aromatic rings. The summed E-state index contributed by atoms with van der Waals surface area (Å²) in [7, 11) is 0. The van der Waals surface area contributed by atoms with Crippen LogP contribution in [0.3, 0.4) is 0 Å². The second-order valence-corrected chi connectivity index (χ2v) is 4.26. The number of nitrogens with zero attached hydrogens (tertiary/aromatic N) is 3. The molecule has 0 aromatic carbocycles. The first kappa shape index (κ1) is 11.6. The molecule has 0 saturated heterocycles. The molecule has 0 aliphatic rings. The second-order valence-electron chi connectivity index (χ2n) is 4.26. The van der Waals surface area contributed by atoms with Crippen LogP contribution in [-0.4, -0.2) is 37.4 Å². The maximum atomic E-state index is 9.38. The lowest BCUT2D eigenvalue weighted by Gasteiger charge is -2.28. The zero-order chi connectivity index (χ0) is 12.5. The third-order valence-corrected chi connectivity index (χ3v) is 2.88. The molecular formula is C10H16N6O. The quantitative estimate of drug-likeness (QED) is 0.615. The average Bonchev–Trinajstić information content (AvgIpc) is 2.77. The van der Waals surface area contributed by atoms with Crippen LogP contribution in [0.2, 0.25) is 0 Å². The number of rotatable bonds is 4. The SMILES string of the molecule is CCC(C)(CO)Nc1nc(N)nc2[nH]ncc12. The van der Waals surface area contributed by atoms with E-state index in [0.29, 0.717) is 11.5 Å². The number of aromatic amines is 1. The Kier molecular flexibility index (Phi) is 2.84. The van der Waals surface area contributed by atoms with Gasteiger partial charge in [-0.05, 0) is 13.3 Å². The smallest absolute Gasteiger partial charge is 0.224 e. The van der Waals surface area contributed by atoms with Crippen LogP contribution in [0.15, 0.2) is 6.20 Å². The zero-order valence-electron chi connectivity index (χ0n) is 9.86. The molecule has 92 valence electrons. The van der Waals surface area contributed by atoms with Gasteiger partial charge in [0.1, 0.15) is 5.82 Å². The van der Waals surface area contributed by atoms with Crippen LogP contribution in [0.5, 0.6) is 0 Å².